The Morgan fingerprint density at radius 1 is 1.14 bits per heavy atom. The molecule has 154 valence electrons. The highest BCUT2D eigenvalue weighted by atomic mass is 35.5. The number of aryl methyl sites for hydroxylation is 1. The largest absolute Gasteiger partial charge is 0.352 e. The molecule has 1 heterocycles. The first kappa shape index (κ1) is 22.2. The summed E-state index contributed by atoms with van der Waals surface area (Å²) in [5.74, 6) is 0. The van der Waals surface area contributed by atoms with Crippen LogP contribution in [0.15, 0.2) is 52.5 Å². The van der Waals surface area contributed by atoms with Crippen LogP contribution in [-0.2, 0) is 10.0 Å². The fraction of sp³-hybridized carbons (Fsp3) is 0.222. The van der Waals surface area contributed by atoms with Gasteiger partial charge in [0.1, 0.15) is 4.84 Å². The highest BCUT2D eigenvalue weighted by Crippen LogP contribution is 2.30. The number of amides is 2. The molecule has 1 N–H and O–H groups in total. The quantitative estimate of drug-likeness (QED) is 0.608. The second kappa shape index (κ2) is 8.70. The van der Waals surface area contributed by atoms with Gasteiger partial charge < -0.3 is 0 Å². The molecule has 0 bridgehead atoms. The number of carbonyl (C=O) groups is 1. The number of halogens is 4. The Morgan fingerprint density at radius 2 is 1.79 bits per heavy atom. The van der Waals surface area contributed by atoms with Gasteiger partial charge >= 0.3 is 6.03 Å². The molecular formula is C18H15Cl4N3O3S. The van der Waals surface area contributed by atoms with Crippen molar-refractivity contribution in [1.29, 1.82) is 0 Å². The molecule has 0 radical (unpaired) electrons. The van der Waals surface area contributed by atoms with E-state index in [1.807, 2.05) is 11.6 Å². The highest BCUT2D eigenvalue weighted by molar-refractivity contribution is 7.90. The number of rotatable bonds is 4. The molecule has 0 spiro atoms. The number of sulfonamides is 1. The van der Waals surface area contributed by atoms with Gasteiger partial charge in [0.05, 0.1) is 26.7 Å². The van der Waals surface area contributed by atoms with Crippen LogP contribution in [0.5, 0.6) is 0 Å². The summed E-state index contributed by atoms with van der Waals surface area (Å²) >= 11 is 24.0. The number of urea groups is 1. The molecular weight excluding hydrogens is 480 g/mol. The Hall–Kier alpha value is -1.51. The summed E-state index contributed by atoms with van der Waals surface area (Å²) in [6, 6.07) is 9.24. The Kier molecular flexibility index (Phi) is 6.65. The average molecular weight is 495 g/mol. The minimum atomic E-state index is -4.09. The van der Waals surface area contributed by atoms with Gasteiger partial charge in [0.25, 0.3) is 10.0 Å². The fourth-order valence-electron chi connectivity index (χ4n) is 2.71. The smallest absolute Gasteiger partial charge is 0.246 e. The van der Waals surface area contributed by atoms with E-state index in [1.165, 1.54) is 12.1 Å². The lowest BCUT2D eigenvalue weighted by molar-refractivity contribution is 0.194. The van der Waals surface area contributed by atoms with E-state index in [-0.39, 0.29) is 11.3 Å². The van der Waals surface area contributed by atoms with Gasteiger partial charge in [0, 0.05) is 6.42 Å². The molecule has 0 fully saturated rings. The summed E-state index contributed by atoms with van der Waals surface area (Å²) in [7, 11) is -4.09. The van der Waals surface area contributed by atoms with E-state index in [0.717, 1.165) is 10.6 Å². The second-order valence-electron chi connectivity index (χ2n) is 6.35. The van der Waals surface area contributed by atoms with Crippen molar-refractivity contribution < 1.29 is 13.2 Å². The predicted molar refractivity (Wildman–Crippen MR) is 116 cm³/mol. The first-order chi connectivity index (χ1) is 13.6. The number of alkyl halides is 2. The van der Waals surface area contributed by atoms with Gasteiger partial charge in [-0.1, -0.05) is 47.0 Å². The zero-order valence-corrected chi connectivity index (χ0v) is 18.8. The van der Waals surface area contributed by atoms with Gasteiger partial charge in [0.15, 0.2) is 0 Å². The standard InChI is InChI=1S/C18H15Cl4N3O3S/c1-10-2-5-12(6-3-10)29(27,28)24-18(26)25-16(17(21)22)9-15(23-25)11-4-7-13(19)14(20)8-11/h2-8,16-17H,9H2,1H3,(H,24,26). The number of hydrazone groups is 1. The van der Waals surface area contributed by atoms with Crippen molar-refractivity contribution in [2.75, 3.05) is 0 Å². The van der Waals surface area contributed by atoms with Crippen LogP contribution in [-0.4, -0.2) is 36.0 Å². The highest BCUT2D eigenvalue weighted by Gasteiger charge is 2.37. The van der Waals surface area contributed by atoms with Crippen molar-refractivity contribution in [3.05, 3.63) is 63.6 Å². The molecule has 2 aromatic rings. The van der Waals surface area contributed by atoms with Gasteiger partial charge in [-0.25, -0.2) is 22.9 Å². The summed E-state index contributed by atoms with van der Waals surface area (Å²) < 4.78 is 27.0. The van der Waals surface area contributed by atoms with Crippen LogP contribution in [0.4, 0.5) is 4.79 Å². The topological polar surface area (TPSA) is 78.8 Å². The molecule has 29 heavy (non-hydrogen) atoms. The molecule has 0 saturated heterocycles. The third-order valence-corrected chi connectivity index (χ3v) is 6.91. The number of carbonyl (C=O) groups excluding carboxylic acids is 1. The molecule has 0 saturated carbocycles. The monoisotopic (exact) mass is 493 g/mol. The van der Waals surface area contributed by atoms with E-state index in [2.05, 4.69) is 5.10 Å². The Balaban J connectivity index is 1.87. The minimum absolute atomic E-state index is 0.0471. The number of hydrogen-bond donors (Lipinski definition) is 1. The predicted octanol–water partition coefficient (Wildman–Crippen LogP) is 4.98. The molecule has 6 nitrogen and oxygen atoms in total. The van der Waals surface area contributed by atoms with Crippen LogP contribution in [0.1, 0.15) is 17.5 Å². The zero-order chi connectivity index (χ0) is 21.3. The van der Waals surface area contributed by atoms with Crippen molar-refractivity contribution in [1.82, 2.24) is 9.73 Å². The molecule has 1 atom stereocenters. The first-order valence-corrected chi connectivity index (χ1v) is 11.4. The number of hydrogen-bond acceptors (Lipinski definition) is 4. The fourth-order valence-corrected chi connectivity index (χ4v) is 4.34. The molecule has 1 aliphatic rings. The van der Waals surface area contributed by atoms with E-state index in [4.69, 9.17) is 46.4 Å². The lowest BCUT2D eigenvalue weighted by Gasteiger charge is -2.22. The molecule has 2 aromatic carbocycles. The van der Waals surface area contributed by atoms with Gasteiger partial charge in [-0.05, 0) is 36.8 Å². The molecule has 3 rings (SSSR count). The third-order valence-electron chi connectivity index (χ3n) is 4.25. The summed E-state index contributed by atoms with van der Waals surface area (Å²) in [5, 5.41) is 5.86. The SMILES string of the molecule is Cc1ccc(S(=O)(=O)NC(=O)N2N=C(c3ccc(Cl)c(Cl)c3)CC2C(Cl)Cl)cc1. The van der Waals surface area contributed by atoms with E-state index in [0.29, 0.717) is 21.3 Å². The summed E-state index contributed by atoms with van der Waals surface area (Å²) in [6.07, 6.45) is 0.216. The molecule has 2 amide bonds. The van der Waals surface area contributed by atoms with Crippen LogP contribution in [0.2, 0.25) is 10.0 Å². The van der Waals surface area contributed by atoms with E-state index >= 15 is 0 Å². The number of nitrogens with zero attached hydrogens (tertiary/aromatic N) is 2. The van der Waals surface area contributed by atoms with Crippen LogP contribution in [0, 0.1) is 6.92 Å². The van der Waals surface area contributed by atoms with Gasteiger partial charge in [-0.2, -0.15) is 5.10 Å². The zero-order valence-electron chi connectivity index (χ0n) is 14.9. The van der Waals surface area contributed by atoms with Crippen molar-refractivity contribution in [2.24, 2.45) is 5.10 Å². The van der Waals surface area contributed by atoms with E-state index < -0.39 is 26.9 Å². The minimum Gasteiger partial charge on any atom is -0.246 e. The van der Waals surface area contributed by atoms with Crippen molar-refractivity contribution in [3.63, 3.8) is 0 Å². The Bertz CT molecular complexity index is 1070. The van der Waals surface area contributed by atoms with E-state index in [9.17, 15) is 13.2 Å². The van der Waals surface area contributed by atoms with Gasteiger partial charge in [-0.3, -0.25) is 0 Å². The van der Waals surface area contributed by atoms with E-state index in [1.54, 1.807) is 30.3 Å². The second-order valence-corrected chi connectivity index (χ2v) is 10.0. The summed E-state index contributed by atoms with van der Waals surface area (Å²) in [4.78, 5) is 11.6. The number of benzene rings is 2. The summed E-state index contributed by atoms with van der Waals surface area (Å²) in [5.41, 5.74) is 1.98. The van der Waals surface area contributed by atoms with Gasteiger partial charge in [0.2, 0.25) is 0 Å². The third kappa shape index (κ3) is 4.98. The lowest BCUT2D eigenvalue weighted by atomic mass is 10.1. The molecule has 1 unspecified atom stereocenters. The lowest BCUT2D eigenvalue weighted by Crippen LogP contribution is -2.45. The van der Waals surface area contributed by atoms with Crippen LogP contribution >= 0.6 is 46.4 Å². The van der Waals surface area contributed by atoms with Crippen LogP contribution in [0.25, 0.3) is 0 Å². The first-order valence-electron chi connectivity index (χ1n) is 8.32. The number of nitrogens with one attached hydrogen (secondary N) is 1. The Morgan fingerprint density at radius 3 is 2.38 bits per heavy atom. The molecule has 11 heteroatoms. The molecule has 1 aliphatic heterocycles. The normalized spacial score (nSPS) is 16.8. The van der Waals surface area contributed by atoms with Gasteiger partial charge in [-0.15, -0.1) is 23.2 Å². The average Bonchev–Trinajstić information content (AvgIpc) is 3.10. The maximum Gasteiger partial charge on any atom is 0.352 e. The molecule has 0 aliphatic carbocycles. The summed E-state index contributed by atoms with van der Waals surface area (Å²) in [6.45, 7) is 1.82. The molecule has 0 aromatic heterocycles. The Labute approximate surface area is 188 Å². The van der Waals surface area contributed by atoms with Crippen molar-refractivity contribution >= 4 is 68.2 Å². The van der Waals surface area contributed by atoms with Crippen LogP contribution < -0.4 is 4.72 Å². The van der Waals surface area contributed by atoms with Crippen molar-refractivity contribution in [2.45, 2.75) is 29.1 Å². The van der Waals surface area contributed by atoms with Crippen LogP contribution in [0.3, 0.4) is 0 Å². The maximum atomic E-state index is 12.7. The maximum absolute atomic E-state index is 12.7. The van der Waals surface area contributed by atoms with Crippen molar-refractivity contribution in [3.8, 4) is 0 Å².